The summed E-state index contributed by atoms with van der Waals surface area (Å²) in [5, 5.41) is 7.59. The molecule has 1 atom stereocenters. The summed E-state index contributed by atoms with van der Waals surface area (Å²) in [4.78, 5) is 10.9. The molecule has 0 amide bonds. The second kappa shape index (κ2) is 7.23. The molecular formula is C16H22N6O. The number of nitrogens with one attached hydrogen (secondary N) is 1. The molecule has 3 heterocycles. The van der Waals surface area contributed by atoms with Gasteiger partial charge >= 0.3 is 0 Å². The number of aliphatic imine (C=N–C) groups is 1. The number of guanidine groups is 1. The number of ether oxygens (including phenoxy) is 1. The Balaban J connectivity index is 1.62. The van der Waals surface area contributed by atoms with E-state index in [1.165, 1.54) is 0 Å². The summed E-state index contributed by atoms with van der Waals surface area (Å²) >= 11 is 0. The maximum Gasteiger partial charge on any atom is 0.194 e. The summed E-state index contributed by atoms with van der Waals surface area (Å²) in [6.45, 7) is 2.90. The molecule has 0 spiro atoms. The van der Waals surface area contributed by atoms with Crippen LogP contribution in [0.3, 0.4) is 0 Å². The third kappa shape index (κ3) is 3.87. The van der Waals surface area contributed by atoms with Crippen LogP contribution in [0.25, 0.3) is 0 Å². The zero-order chi connectivity index (χ0) is 16.1. The molecule has 0 bridgehead atoms. The Kier molecular flexibility index (Phi) is 4.87. The van der Waals surface area contributed by atoms with Crippen LogP contribution in [0.15, 0.2) is 41.8 Å². The van der Waals surface area contributed by atoms with Crippen molar-refractivity contribution >= 4 is 5.96 Å². The van der Waals surface area contributed by atoms with Gasteiger partial charge in [0.25, 0.3) is 0 Å². The van der Waals surface area contributed by atoms with E-state index in [1.54, 1.807) is 17.9 Å². The quantitative estimate of drug-likeness (QED) is 0.675. The second-order valence-corrected chi connectivity index (χ2v) is 5.47. The maximum atomic E-state index is 5.87. The van der Waals surface area contributed by atoms with Crippen molar-refractivity contribution in [2.45, 2.75) is 12.6 Å². The van der Waals surface area contributed by atoms with Crippen molar-refractivity contribution in [2.24, 2.45) is 12.0 Å². The van der Waals surface area contributed by atoms with Crippen LogP contribution in [-0.2, 0) is 18.3 Å². The smallest absolute Gasteiger partial charge is 0.194 e. The Morgan fingerprint density at radius 3 is 3.09 bits per heavy atom. The highest BCUT2D eigenvalue weighted by Crippen LogP contribution is 2.21. The summed E-state index contributed by atoms with van der Waals surface area (Å²) < 4.78 is 7.67. The Bertz CT molecular complexity index is 654. The SMILES string of the molecule is CN=C(NCc1ccccn1)N1CCOC(c2cnn(C)c2)C1. The van der Waals surface area contributed by atoms with Gasteiger partial charge in [0.1, 0.15) is 6.10 Å². The summed E-state index contributed by atoms with van der Waals surface area (Å²) in [6.07, 6.45) is 5.68. The van der Waals surface area contributed by atoms with Gasteiger partial charge in [-0.15, -0.1) is 0 Å². The minimum absolute atomic E-state index is 0.0193. The number of pyridine rings is 1. The van der Waals surface area contributed by atoms with Gasteiger partial charge < -0.3 is 15.0 Å². The van der Waals surface area contributed by atoms with E-state index < -0.39 is 0 Å². The van der Waals surface area contributed by atoms with Crippen LogP contribution in [-0.4, -0.2) is 52.4 Å². The number of rotatable bonds is 3. The molecule has 0 radical (unpaired) electrons. The van der Waals surface area contributed by atoms with Gasteiger partial charge in [-0.1, -0.05) is 6.07 Å². The number of aromatic nitrogens is 3. The zero-order valence-electron chi connectivity index (χ0n) is 13.5. The molecular weight excluding hydrogens is 292 g/mol. The van der Waals surface area contributed by atoms with Crippen molar-refractivity contribution in [3.8, 4) is 0 Å². The molecule has 0 aliphatic carbocycles. The first-order valence-corrected chi connectivity index (χ1v) is 7.72. The predicted octanol–water partition coefficient (Wildman–Crippen LogP) is 0.964. The van der Waals surface area contributed by atoms with Crippen LogP contribution in [0.4, 0.5) is 0 Å². The third-order valence-electron chi connectivity index (χ3n) is 3.83. The molecule has 0 aromatic carbocycles. The first kappa shape index (κ1) is 15.5. The topological polar surface area (TPSA) is 67.6 Å². The average Bonchev–Trinajstić information content (AvgIpc) is 3.03. The molecule has 2 aromatic rings. The largest absolute Gasteiger partial charge is 0.370 e. The molecule has 1 unspecified atom stereocenters. The molecule has 2 aromatic heterocycles. The van der Waals surface area contributed by atoms with E-state index in [2.05, 4.69) is 25.3 Å². The van der Waals surface area contributed by atoms with Gasteiger partial charge in [0.2, 0.25) is 0 Å². The van der Waals surface area contributed by atoms with Crippen LogP contribution in [0, 0.1) is 0 Å². The van der Waals surface area contributed by atoms with Gasteiger partial charge in [-0.05, 0) is 12.1 Å². The van der Waals surface area contributed by atoms with Crippen molar-refractivity contribution in [3.63, 3.8) is 0 Å². The summed E-state index contributed by atoms with van der Waals surface area (Å²) in [7, 11) is 3.72. The lowest BCUT2D eigenvalue weighted by Crippen LogP contribution is -2.48. The lowest BCUT2D eigenvalue weighted by molar-refractivity contribution is -0.00805. The van der Waals surface area contributed by atoms with Crippen LogP contribution in [0.5, 0.6) is 0 Å². The first-order chi connectivity index (χ1) is 11.3. The van der Waals surface area contributed by atoms with Crippen molar-refractivity contribution < 1.29 is 4.74 Å². The van der Waals surface area contributed by atoms with Gasteiger partial charge in [0.15, 0.2) is 5.96 Å². The molecule has 1 N–H and O–H groups in total. The summed E-state index contributed by atoms with van der Waals surface area (Å²) in [6, 6.07) is 5.90. The lowest BCUT2D eigenvalue weighted by atomic mass is 10.1. The normalized spacial score (nSPS) is 19.0. The Labute approximate surface area is 136 Å². The van der Waals surface area contributed by atoms with Gasteiger partial charge in [-0.25, -0.2) is 0 Å². The van der Waals surface area contributed by atoms with E-state index >= 15 is 0 Å². The van der Waals surface area contributed by atoms with Crippen molar-refractivity contribution in [1.29, 1.82) is 0 Å². The monoisotopic (exact) mass is 314 g/mol. The minimum Gasteiger partial charge on any atom is -0.370 e. The van der Waals surface area contributed by atoms with Crippen LogP contribution in [0.1, 0.15) is 17.4 Å². The number of nitrogens with zero attached hydrogens (tertiary/aromatic N) is 5. The molecule has 1 aliphatic heterocycles. The molecule has 7 nitrogen and oxygen atoms in total. The van der Waals surface area contributed by atoms with E-state index in [-0.39, 0.29) is 6.10 Å². The summed E-state index contributed by atoms with van der Waals surface area (Å²) in [5.41, 5.74) is 2.09. The highest BCUT2D eigenvalue weighted by Gasteiger charge is 2.25. The Morgan fingerprint density at radius 2 is 2.39 bits per heavy atom. The standard InChI is InChI=1S/C16H22N6O/c1-17-16(19-10-14-5-3-4-6-18-14)22-7-8-23-15(12-22)13-9-20-21(2)11-13/h3-6,9,11,15H,7-8,10,12H2,1-2H3,(H,17,19). The van der Waals surface area contributed by atoms with Gasteiger partial charge in [0, 0.05) is 38.6 Å². The third-order valence-corrected chi connectivity index (χ3v) is 3.83. The lowest BCUT2D eigenvalue weighted by Gasteiger charge is -2.34. The highest BCUT2D eigenvalue weighted by atomic mass is 16.5. The highest BCUT2D eigenvalue weighted by molar-refractivity contribution is 5.80. The fourth-order valence-electron chi connectivity index (χ4n) is 2.65. The second-order valence-electron chi connectivity index (χ2n) is 5.47. The molecule has 1 saturated heterocycles. The van der Waals surface area contributed by atoms with Gasteiger partial charge in [0.05, 0.1) is 31.6 Å². The maximum absolute atomic E-state index is 5.87. The predicted molar refractivity (Wildman–Crippen MR) is 87.9 cm³/mol. The van der Waals surface area contributed by atoms with Crippen LogP contribution in [0.2, 0.25) is 0 Å². The number of aryl methyl sites for hydroxylation is 1. The molecule has 23 heavy (non-hydrogen) atoms. The van der Waals surface area contributed by atoms with E-state index in [1.807, 2.05) is 37.6 Å². The molecule has 3 rings (SSSR count). The van der Waals surface area contributed by atoms with Crippen LogP contribution >= 0.6 is 0 Å². The fourth-order valence-corrected chi connectivity index (χ4v) is 2.65. The van der Waals surface area contributed by atoms with Crippen molar-refractivity contribution in [3.05, 3.63) is 48.0 Å². The zero-order valence-corrected chi connectivity index (χ0v) is 13.5. The molecule has 0 saturated carbocycles. The summed E-state index contributed by atoms with van der Waals surface area (Å²) in [5.74, 6) is 0.868. The first-order valence-electron chi connectivity index (χ1n) is 7.72. The average molecular weight is 314 g/mol. The van der Waals surface area contributed by atoms with E-state index in [0.717, 1.165) is 30.3 Å². The molecule has 122 valence electrons. The fraction of sp³-hybridized carbons (Fsp3) is 0.438. The van der Waals surface area contributed by atoms with E-state index in [4.69, 9.17) is 4.74 Å². The van der Waals surface area contributed by atoms with E-state index in [0.29, 0.717) is 13.2 Å². The van der Waals surface area contributed by atoms with Crippen molar-refractivity contribution in [1.82, 2.24) is 25.0 Å². The minimum atomic E-state index is 0.0193. The van der Waals surface area contributed by atoms with Gasteiger partial charge in [-0.3, -0.25) is 14.7 Å². The Hall–Kier alpha value is -2.41. The number of hydrogen-bond donors (Lipinski definition) is 1. The number of morpholine rings is 1. The number of hydrogen-bond acceptors (Lipinski definition) is 4. The van der Waals surface area contributed by atoms with Crippen molar-refractivity contribution in [2.75, 3.05) is 26.7 Å². The van der Waals surface area contributed by atoms with E-state index in [9.17, 15) is 0 Å². The molecule has 1 fully saturated rings. The van der Waals surface area contributed by atoms with Gasteiger partial charge in [-0.2, -0.15) is 5.10 Å². The Morgan fingerprint density at radius 1 is 1.48 bits per heavy atom. The van der Waals surface area contributed by atoms with Crippen LogP contribution < -0.4 is 5.32 Å². The molecule has 7 heteroatoms. The molecule has 1 aliphatic rings.